The van der Waals surface area contributed by atoms with Crippen LogP contribution < -0.4 is 5.73 Å². The first-order valence-electron chi connectivity index (χ1n) is 5.42. The van der Waals surface area contributed by atoms with Crippen LogP contribution in [0, 0.1) is 13.8 Å². The second-order valence-electron chi connectivity index (χ2n) is 4.15. The van der Waals surface area contributed by atoms with Gasteiger partial charge in [-0.25, -0.2) is 0 Å². The van der Waals surface area contributed by atoms with Crippen molar-refractivity contribution in [2.24, 2.45) is 12.8 Å². The number of aromatic nitrogens is 2. The molecule has 0 unspecified atom stereocenters. The number of nitrogens with zero attached hydrogens (tertiary/aromatic N) is 2. The molecule has 0 saturated heterocycles. The zero-order valence-corrected chi connectivity index (χ0v) is 9.99. The van der Waals surface area contributed by atoms with Crippen molar-refractivity contribution in [1.82, 2.24) is 9.78 Å². The molecular weight excluding hydrogens is 198 g/mol. The monoisotopic (exact) mass is 215 g/mol. The van der Waals surface area contributed by atoms with Gasteiger partial charge in [0, 0.05) is 19.2 Å². The van der Waals surface area contributed by atoms with Crippen molar-refractivity contribution >= 4 is 0 Å². The maximum atomic E-state index is 5.76. The van der Waals surface area contributed by atoms with Crippen molar-refractivity contribution < 1.29 is 0 Å². The number of aryl methyl sites for hydroxylation is 3. The molecular formula is C13H17N3. The Labute approximate surface area is 95.9 Å². The van der Waals surface area contributed by atoms with Crippen molar-refractivity contribution in [3.8, 4) is 11.1 Å². The first kappa shape index (κ1) is 10.9. The molecule has 0 radical (unpaired) electrons. The van der Waals surface area contributed by atoms with Crippen LogP contribution in [0.2, 0.25) is 0 Å². The molecule has 0 bridgehead atoms. The minimum Gasteiger partial charge on any atom is -0.325 e. The quantitative estimate of drug-likeness (QED) is 0.834. The van der Waals surface area contributed by atoms with Crippen LogP contribution in [0.5, 0.6) is 0 Å². The summed E-state index contributed by atoms with van der Waals surface area (Å²) >= 11 is 0. The number of nitrogens with two attached hydrogens (primary N) is 1. The smallest absolute Gasteiger partial charge is 0.0595 e. The Balaban J connectivity index is 2.62. The Kier molecular flexibility index (Phi) is 2.79. The molecule has 2 aromatic rings. The minimum atomic E-state index is 0.513. The second-order valence-corrected chi connectivity index (χ2v) is 4.15. The van der Waals surface area contributed by atoms with Crippen LogP contribution in [0.1, 0.15) is 16.8 Å². The van der Waals surface area contributed by atoms with Crippen LogP contribution >= 0.6 is 0 Å². The highest BCUT2D eigenvalue weighted by molar-refractivity contribution is 5.69. The fourth-order valence-electron chi connectivity index (χ4n) is 1.96. The number of benzene rings is 1. The van der Waals surface area contributed by atoms with E-state index in [0.717, 1.165) is 11.3 Å². The van der Waals surface area contributed by atoms with E-state index < -0.39 is 0 Å². The van der Waals surface area contributed by atoms with Crippen molar-refractivity contribution in [2.75, 3.05) is 0 Å². The molecule has 0 fully saturated rings. The van der Waals surface area contributed by atoms with Crippen LogP contribution in [0.15, 0.2) is 24.4 Å². The van der Waals surface area contributed by atoms with Crippen molar-refractivity contribution in [3.05, 3.63) is 41.2 Å². The number of hydrogen-bond donors (Lipinski definition) is 1. The van der Waals surface area contributed by atoms with Crippen LogP contribution in [0.25, 0.3) is 11.1 Å². The molecule has 2 rings (SSSR count). The molecule has 1 aromatic carbocycles. The molecule has 0 spiro atoms. The Bertz CT molecular complexity index is 512. The van der Waals surface area contributed by atoms with Crippen molar-refractivity contribution in [2.45, 2.75) is 20.4 Å². The zero-order valence-electron chi connectivity index (χ0n) is 9.99. The SMILES string of the molecule is Cc1ccc(C)c(-c2cnn(C)c2CN)c1. The fourth-order valence-corrected chi connectivity index (χ4v) is 1.96. The summed E-state index contributed by atoms with van der Waals surface area (Å²) in [4.78, 5) is 0. The Morgan fingerprint density at radius 3 is 2.69 bits per heavy atom. The van der Waals surface area contributed by atoms with Gasteiger partial charge in [0.25, 0.3) is 0 Å². The third-order valence-corrected chi connectivity index (χ3v) is 2.94. The summed E-state index contributed by atoms with van der Waals surface area (Å²) in [6, 6.07) is 6.45. The van der Waals surface area contributed by atoms with E-state index in [2.05, 4.69) is 37.1 Å². The minimum absolute atomic E-state index is 0.513. The maximum Gasteiger partial charge on any atom is 0.0595 e. The lowest BCUT2D eigenvalue weighted by molar-refractivity contribution is 0.712. The van der Waals surface area contributed by atoms with Crippen LogP contribution in [-0.4, -0.2) is 9.78 Å². The van der Waals surface area contributed by atoms with Gasteiger partial charge in [-0.15, -0.1) is 0 Å². The number of hydrogen-bond acceptors (Lipinski definition) is 2. The van der Waals surface area contributed by atoms with Crippen LogP contribution in [-0.2, 0) is 13.6 Å². The predicted molar refractivity (Wildman–Crippen MR) is 66.0 cm³/mol. The average molecular weight is 215 g/mol. The van der Waals surface area contributed by atoms with E-state index in [1.165, 1.54) is 16.7 Å². The molecule has 1 aromatic heterocycles. The highest BCUT2D eigenvalue weighted by Gasteiger charge is 2.11. The lowest BCUT2D eigenvalue weighted by atomic mass is 9.99. The Morgan fingerprint density at radius 1 is 1.25 bits per heavy atom. The molecule has 0 aliphatic carbocycles. The predicted octanol–water partition coefficient (Wildman–Crippen LogP) is 2.16. The average Bonchev–Trinajstić information content (AvgIpc) is 2.63. The van der Waals surface area contributed by atoms with E-state index in [9.17, 15) is 0 Å². The van der Waals surface area contributed by atoms with E-state index in [-0.39, 0.29) is 0 Å². The normalized spacial score (nSPS) is 10.8. The largest absolute Gasteiger partial charge is 0.325 e. The van der Waals surface area contributed by atoms with Gasteiger partial charge in [-0.05, 0) is 25.0 Å². The lowest BCUT2D eigenvalue weighted by Gasteiger charge is -2.08. The summed E-state index contributed by atoms with van der Waals surface area (Å²) in [6.45, 7) is 4.72. The molecule has 16 heavy (non-hydrogen) atoms. The summed E-state index contributed by atoms with van der Waals surface area (Å²) in [5.41, 5.74) is 11.7. The molecule has 0 aliphatic rings. The number of rotatable bonds is 2. The summed E-state index contributed by atoms with van der Waals surface area (Å²) in [7, 11) is 1.93. The first-order valence-corrected chi connectivity index (χ1v) is 5.42. The van der Waals surface area contributed by atoms with E-state index in [1.807, 2.05) is 17.9 Å². The highest BCUT2D eigenvalue weighted by Crippen LogP contribution is 2.27. The van der Waals surface area contributed by atoms with E-state index in [4.69, 9.17) is 5.73 Å². The van der Waals surface area contributed by atoms with Gasteiger partial charge in [-0.1, -0.05) is 23.8 Å². The molecule has 0 saturated carbocycles. The Hall–Kier alpha value is -1.61. The van der Waals surface area contributed by atoms with E-state index in [0.29, 0.717) is 6.54 Å². The van der Waals surface area contributed by atoms with Crippen molar-refractivity contribution in [1.29, 1.82) is 0 Å². The standard InChI is InChI=1S/C13H17N3/c1-9-4-5-10(2)11(6-9)12-8-15-16(3)13(12)7-14/h4-6,8H,7,14H2,1-3H3. The maximum absolute atomic E-state index is 5.76. The summed E-state index contributed by atoms with van der Waals surface area (Å²) in [5, 5.41) is 4.27. The molecule has 0 atom stereocenters. The van der Waals surface area contributed by atoms with Gasteiger partial charge in [0.2, 0.25) is 0 Å². The third kappa shape index (κ3) is 1.74. The zero-order chi connectivity index (χ0) is 11.7. The van der Waals surface area contributed by atoms with Gasteiger partial charge in [-0.2, -0.15) is 5.10 Å². The topological polar surface area (TPSA) is 43.8 Å². The van der Waals surface area contributed by atoms with Gasteiger partial charge in [-0.3, -0.25) is 4.68 Å². The molecule has 84 valence electrons. The fraction of sp³-hybridized carbons (Fsp3) is 0.308. The summed E-state index contributed by atoms with van der Waals surface area (Å²) in [6.07, 6.45) is 1.89. The molecule has 0 aliphatic heterocycles. The summed E-state index contributed by atoms with van der Waals surface area (Å²) in [5.74, 6) is 0. The van der Waals surface area contributed by atoms with Gasteiger partial charge in [0.15, 0.2) is 0 Å². The van der Waals surface area contributed by atoms with E-state index >= 15 is 0 Å². The Morgan fingerprint density at radius 2 is 2.00 bits per heavy atom. The van der Waals surface area contributed by atoms with Gasteiger partial charge >= 0.3 is 0 Å². The highest BCUT2D eigenvalue weighted by atomic mass is 15.3. The van der Waals surface area contributed by atoms with Crippen LogP contribution in [0.4, 0.5) is 0 Å². The van der Waals surface area contributed by atoms with Crippen molar-refractivity contribution in [3.63, 3.8) is 0 Å². The summed E-state index contributed by atoms with van der Waals surface area (Å²) < 4.78 is 1.84. The molecule has 3 heteroatoms. The first-order chi connectivity index (χ1) is 7.63. The molecule has 0 amide bonds. The van der Waals surface area contributed by atoms with Gasteiger partial charge in [0.05, 0.1) is 11.9 Å². The third-order valence-electron chi connectivity index (χ3n) is 2.94. The second kappa shape index (κ2) is 4.10. The van der Waals surface area contributed by atoms with E-state index in [1.54, 1.807) is 0 Å². The van der Waals surface area contributed by atoms with Crippen LogP contribution in [0.3, 0.4) is 0 Å². The van der Waals surface area contributed by atoms with Gasteiger partial charge < -0.3 is 5.73 Å². The van der Waals surface area contributed by atoms with Gasteiger partial charge in [0.1, 0.15) is 0 Å². The molecule has 2 N–H and O–H groups in total. The lowest BCUT2D eigenvalue weighted by Crippen LogP contribution is -2.05. The molecule has 3 nitrogen and oxygen atoms in total. The molecule has 1 heterocycles.